The third-order valence-electron chi connectivity index (χ3n) is 3.44. The van der Waals surface area contributed by atoms with Gasteiger partial charge in [-0.2, -0.15) is 0 Å². The predicted octanol–water partition coefficient (Wildman–Crippen LogP) is 3.95. The van der Waals surface area contributed by atoms with Crippen LogP contribution in [0.4, 0.5) is 5.69 Å². The molecule has 0 spiro atoms. The molecule has 0 heterocycles. The minimum atomic E-state index is 0.728. The van der Waals surface area contributed by atoms with E-state index >= 15 is 0 Å². The fourth-order valence-corrected chi connectivity index (χ4v) is 2.54. The fourth-order valence-electron chi connectivity index (χ4n) is 2.34. The van der Waals surface area contributed by atoms with Crippen molar-refractivity contribution < 1.29 is 4.74 Å². The lowest BCUT2D eigenvalue weighted by Crippen LogP contribution is -2.22. The zero-order chi connectivity index (χ0) is 15.2. The Labute approximate surface area is 131 Å². The van der Waals surface area contributed by atoms with Crippen LogP contribution in [0.1, 0.15) is 18.1 Å². The Morgan fingerprint density at radius 1 is 1.14 bits per heavy atom. The molecule has 0 aliphatic carbocycles. The van der Waals surface area contributed by atoms with Gasteiger partial charge in [0.1, 0.15) is 5.75 Å². The largest absolute Gasteiger partial charge is 0.496 e. The van der Waals surface area contributed by atoms with Gasteiger partial charge in [0.15, 0.2) is 0 Å². The molecule has 0 atom stereocenters. The average Bonchev–Trinajstić information content (AvgIpc) is 2.47. The molecule has 0 saturated carbocycles. The van der Waals surface area contributed by atoms with Gasteiger partial charge in [-0.05, 0) is 42.4 Å². The molecule has 2 N–H and O–H groups in total. The van der Waals surface area contributed by atoms with Crippen molar-refractivity contribution in [3.63, 3.8) is 0 Å². The number of halogens is 1. The molecular weight excluding hydrogens is 284 g/mol. The Morgan fingerprint density at radius 3 is 2.62 bits per heavy atom. The molecule has 2 rings (SSSR count). The second-order valence-corrected chi connectivity index (χ2v) is 5.44. The lowest BCUT2D eigenvalue weighted by atomic mass is 10.1. The smallest absolute Gasteiger partial charge is 0.123 e. The van der Waals surface area contributed by atoms with E-state index in [-0.39, 0.29) is 0 Å². The number of rotatable bonds is 6. The summed E-state index contributed by atoms with van der Waals surface area (Å²) in [6.45, 7) is 4.71. The molecule has 0 amide bonds. The summed E-state index contributed by atoms with van der Waals surface area (Å²) in [7, 11) is 1.68. The molecule has 0 radical (unpaired) electrons. The van der Waals surface area contributed by atoms with Crippen molar-refractivity contribution in [1.29, 1.82) is 0 Å². The van der Waals surface area contributed by atoms with Crippen molar-refractivity contribution in [1.82, 2.24) is 4.90 Å². The van der Waals surface area contributed by atoms with Crippen LogP contribution < -0.4 is 10.5 Å². The summed E-state index contributed by atoms with van der Waals surface area (Å²) < 4.78 is 5.41. The van der Waals surface area contributed by atoms with Crippen LogP contribution >= 0.6 is 11.6 Å². The van der Waals surface area contributed by atoms with Gasteiger partial charge in [0, 0.05) is 29.4 Å². The van der Waals surface area contributed by atoms with Crippen molar-refractivity contribution in [2.45, 2.75) is 20.0 Å². The van der Waals surface area contributed by atoms with Crippen LogP contribution in [0, 0.1) is 0 Å². The fraction of sp³-hybridized carbons (Fsp3) is 0.294. The van der Waals surface area contributed by atoms with Crippen LogP contribution in [-0.2, 0) is 13.1 Å². The second-order valence-electron chi connectivity index (χ2n) is 5.00. The molecule has 0 saturated heterocycles. The van der Waals surface area contributed by atoms with Crippen molar-refractivity contribution in [2.24, 2.45) is 0 Å². The van der Waals surface area contributed by atoms with E-state index in [9.17, 15) is 0 Å². The lowest BCUT2D eigenvalue weighted by molar-refractivity contribution is 0.266. The summed E-state index contributed by atoms with van der Waals surface area (Å²) in [6, 6.07) is 13.7. The molecule has 0 aromatic heterocycles. The summed E-state index contributed by atoms with van der Waals surface area (Å²) in [5.74, 6) is 0.866. The molecule has 112 valence electrons. The van der Waals surface area contributed by atoms with Crippen LogP contribution in [0.25, 0.3) is 0 Å². The monoisotopic (exact) mass is 304 g/mol. The van der Waals surface area contributed by atoms with E-state index in [1.165, 1.54) is 5.56 Å². The predicted molar refractivity (Wildman–Crippen MR) is 88.6 cm³/mol. The number of benzene rings is 2. The first-order chi connectivity index (χ1) is 10.1. The second kappa shape index (κ2) is 7.34. The summed E-state index contributed by atoms with van der Waals surface area (Å²) in [5.41, 5.74) is 8.93. The molecule has 0 unspecified atom stereocenters. The minimum absolute atomic E-state index is 0.728. The van der Waals surface area contributed by atoms with Gasteiger partial charge in [-0.25, -0.2) is 0 Å². The first-order valence-electron chi connectivity index (χ1n) is 7.01. The summed E-state index contributed by atoms with van der Waals surface area (Å²) >= 11 is 6.09. The minimum Gasteiger partial charge on any atom is -0.496 e. The quantitative estimate of drug-likeness (QED) is 0.821. The number of nitrogen functional groups attached to an aromatic ring is 1. The number of nitrogens with two attached hydrogens (primary N) is 1. The number of nitrogens with zero attached hydrogens (tertiary/aromatic N) is 1. The molecule has 0 bridgehead atoms. The van der Waals surface area contributed by atoms with Crippen LogP contribution in [-0.4, -0.2) is 18.6 Å². The van der Waals surface area contributed by atoms with E-state index < -0.39 is 0 Å². The molecule has 21 heavy (non-hydrogen) atoms. The molecule has 2 aromatic rings. The van der Waals surface area contributed by atoms with E-state index in [2.05, 4.69) is 17.9 Å². The highest BCUT2D eigenvalue weighted by atomic mass is 35.5. The van der Waals surface area contributed by atoms with Crippen molar-refractivity contribution >= 4 is 17.3 Å². The lowest BCUT2D eigenvalue weighted by Gasteiger charge is -2.22. The van der Waals surface area contributed by atoms with Crippen LogP contribution in [0.3, 0.4) is 0 Å². The highest BCUT2D eigenvalue weighted by molar-refractivity contribution is 6.30. The van der Waals surface area contributed by atoms with Gasteiger partial charge in [0.25, 0.3) is 0 Å². The topological polar surface area (TPSA) is 38.5 Å². The van der Waals surface area contributed by atoms with E-state index in [4.69, 9.17) is 22.1 Å². The Morgan fingerprint density at radius 2 is 1.95 bits per heavy atom. The Hall–Kier alpha value is -1.71. The van der Waals surface area contributed by atoms with Crippen molar-refractivity contribution in [3.8, 4) is 5.75 Å². The highest BCUT2D eigenvalue weighted by Crippen LogP contribution is 2.24. The van der Waals surface area contributed by atoms with E-state index in [0.29, 0.717) is 0 Å². The maximum Gasteiger partial charge on any atom is 0.123 e. The van der Waals surface area contributed by atoms with Gasteiger partial charge in [0.05, 0.1) is 7.11 Å². The molecule has 0 aliphatic rings. The number of ether oxygens (including phenoxy) is 1. The number of methoxy groups -OCH3 is 1. The van der Waals surface area contributed by atoms with Gasteiger partial charge in [0.2, 0.25) is 0 Å². The average molecular weight is 305 g/mol. The third-order valence-corrected chi connectivity index (χ3v) is 3.68. The van der Waals surface area contributed by atoms with E-state index in [1.54, 1.807) is 7.11 Å². The molecular formula is C17H21ClN2O. The summed E-state index contributed by atoms with van der Waals surface area (Å²) in [4.78, 5) is 2.32. The Kier molecular flexibility index (Phi) is 5.48. The zero-order valence-corrected chi connectivity index (χ0v) is 13.2. The van der Waals surface area contributed by atoms with Gasteiger partial charge < -0.3 is 10.5 Å². The normalized spacial score (nSPS) is 10.9. The first-order valence-corrected chi connectivity index (χ1v) is 7.39. The zero-order valence-electron chi connectivity index (χ0n) is 12.5. The first kappa shape index (κ1) is 15.7. The van der Waals surface area contributed by atoms with Crippen LogP contribution in [0.2, 0.25) is 5.02 Å². The standard InChI is InChI=1S/C17H21ClN2O/c1-3-20(11-13-5-4-6-16(19)9-13)12-14-10-15(18)7-8-17(14)21-2/h4-10H,3,11-12,19H2,1-2H3. The summed E-state index contributed by atoms with van der Waals surface area (Å²) in [6.07, 6.45) is 0. The molecule has 3 nitrogen and oxygen atoms in total. The molecule has 4 heteroatoms. The van der Waals surface area contributed by atoms with Gasteiger partial charge in [-0.15, -0.1) is 0 Å². The van der Waals surface area contributed by atoms with E-state index in [1.807, 2.05) is 36.4 Å². The Bertz CT molecular complexity index is 601. The number of anilines is 1. The Balaban J connectivity index is 2.14. The third kappa shape index (κ3) is 4.38. The molecule has 0 fully saturated rings. The van der Waals surface area contributed by atoms with E-state index in [0.717, 1.165) is 41.7 Å². The number of hydrogen-bond acceptors (Lipinski definition) is 3. The van der Waals surface area contributed by atoms with Crippen LogP contribution in [0.15, 0.2) is 42.5 Å². The van der Waals surface area contributed by atoms with Crippen molar-refractivity contribution in [2.75, 3.05) is 19.4 Å². The SMILES string of the molecule is CCN(Cc1cccc(N)c1)Cc1cc(Cl)ccc1OC. The highest BCUT2D eigenvalue weighted by Gasteiger charge is 2.10. The summed E-state index contributed by atoms with van der Waals surface area (Å²) in [5, 5.41) is 0.728. The van der Waals surface area contributed by atoms with Gasteiger partial charge in [-0.3, -0.25) is 4.90 Å². The molecule has 0 aliphatic heterocycles. The maximum absolute atomic E-state index is 6.09. The van der Waals surface area contributed by atoms with Crippen LogP contribution in [0.5, 0.6) is 5.75 Å². The van der Waals surface area contributed by atoms with Gasteiger partial charge >= 0.3 is 0 Å². The number of hydrogen-bond donors (Lipinski definition) is 1. The van der Waals surface area contributed by atoms with Crippen molar-refractivity contribution in [3.05, 3.63) is 58.6 Å². The molecule has 2 aromatic carbocycles. The van der Waals surface area contributed by atoms with Gasteiger partial charge in [-0.1, -0.05) is 30.7 Å². The maximum atomic E-state index is 6.09.